The first-order valence-corrected chi connectivity index (χ1v) is 34.5. The van der Waals surface area contributed by atoms with E-state index in [0.717, 1.165) is 38.5 Å². The van der Waals surface area contributed by atoms with Gasteiger partial charge < -0.3 is 20.3 Å². The van der Waals surface area contributed by atoms with Crippen LogP contribution in [0.2, 0.25) is 0 Å². The first-order valence-electron chi connectivity index (χ1n) is 34.5. The normalized spacial score (nSPS) is 12.5. The summed E-state index contributed by atoms with van der Waals surface area (Å²) in [7, 11) is 0. The number of esters is 1. The Morgan fingerprint density at radius 2 is 0.613 bits per heavy atom. The van der Waals surface area contributed by atoms with Crippen LogP contribution >= 0.6 is 0 Å². The molecule has 0 aromatic rings. The topological polar surface area (TPSA) is 95.9 Å². The second-order valence-corrected chi connectivity index (χ2v) is 23.9. The number of rotatable bonds is 65. The molecule has 0 saturated carbocycles. The van der Waals surface area contributed by atoms with Crippen LogP contribution in [0.5, 0.6) is 0 Å². The van der Waals surface area contributed by atoms with Crippen LogP contribution in [0.25, 0.3) is 0 Å². The van der Waals surface area contributed by atoms with Gasteiger partial charge in [-0.15, -0.1) is 0 Å². The van der Waals surface area contributed by atoms with E-state index in [2.05, 4.69) is 19.2 Å². The van der Waals surface area contributed by atoms with Gasteiger partial charge in [0.2, 0.25) is 5.91 Å². The highest BCUT2D eigenvalue weighted by atomic mass is 16.5. The average Bonchev–Trinajstić information content (AvgIpc) is 3.41. The molecule has 0 spiro atoms. The van der Waals surface area contributed by atoms with Gasteiger partial charge in [0.1, 0.15) is 0 Å². The lowest BCUT2D eigenvalue weighted by atomic mass is 10.0. The molecule has 446 valence electrons. The van der Waals surface area contributed by atoms with E-state index in [-0.39, 0.29) is 18.5 Å². The molecule has 0 radical (unpaired) electrons. The van der Waals surface area contributed by atoms with Gasteiger partial charge in [-0.25, -0.2) is 0 Å². The number of aliphatic hydroxyl groups is 2. The number of hydrogen-bond acceptors (Lipinski definition) is 5. The summed E-state index contributed by atoms with van der Waals surface area (Å²) < 4.78 is 5.50. The average molecular weight is 1060 g/mol. The summed E-state index contributed by atoms with van der Waals surface area (Å²) in [6, 6.07) is -0.625. The van der Waals surface area contributed by atoms with Crippen LogP contribution in [0.3, 0.4) is 0 Å². The third kappa shape index (κ3) is 61.7. The van der Waals surface area contributed by atoms with Crippen molar-refractivity contribution in [2.75, 3.05) is 13.2 Å². The smallest absolute Gasteiger partial charge is 0.305 e. The van der Waals surface area contributed by atoms with Crippen LogP contribution in [0, 0.1) is 0 Å². The van der Waals surface area contributed by atoms with Gasteiger partial charge in [0.15, 0.2) is 0 Å². The number of aliphatic hydroxyl groups excluding tert-OH is 2. The van der Waals surface area contributed by atoms with E-state index in [0.29, 0.717) is 19.4 Å². The number of allylic oxidation sites excluding steroid dienone is 1. The zero-order valence-corrected chi connectivity index (χ0v) is 51.1. The standard InChI is InChI=1S/C69H135NO5/c1-3-5-7-9-11-13-15-17-19-30-34-37-41-45-49-53-57-61-67(72)66(65-71)70-68(73)62-58-54-50-46-42-38-35-31-28-26-24-22-20-21-23-25-27-29-32-36-40-44-48-52-56-60-64-75-69(74)63-59-55-51-47-43-39-33-18-16-14-12-10-8-6-4-2/h57,61,66-67,71-72H,3-56,58-60,62-65H2,1-2H3,(H,70,73)/b61-57+. The maximum absolute atomic E-state index is 12.5. The zero-order chi connectivity index (χ0) is 54.3. The maximum atomic E-state index is 12.5. The van der Waals surface area contributed by atoms with E-state index in [1.165, 1.54) is 327 Å². The van der Waals surface area contributed by atoms with Crippen LogP contribution in [0.4, 0.5) is 0 Å². The summed E-state index contributed by atoms with van der Waals surface area (Å²) in [5.74, 6) is -0.0415. The van der Waals surface area contributed by atoms with E-state index in [9.17, 15) is 19.8 Å². The third-order valence-electron chi connectivity index (χ3n) is 16.3. The first-order chi connectivity index (χ1) is 37.0. The summed E-state index contributed by atoms with van der Waals surface area (Å²) in [6.07, 6.45) is 80.0. The van der Waals surface area contributed by atoms with Crippen LogP contribution in [-0.4, -0.2) is 47.4 Å². The highest BCUT2D eigenvalue weighted by Crippen LogP contribution is 2.19. The first kappa shape index (κ1) is 73.6. The van der Waals surface area contributed by atoms with Crippen molar-refractivity contribution in [2.24, 2.45) is 0 Å². The molecular weight excluding hydrogens is 923 g/mol. The van der Waals surface area contributed by atoms with Gasteiger partial charge >= 0.3 is 5.97 Å². The van der Waals surface area contributed by atoms with Crippen LogP contribution < -0.4 is 5.32 Å². The highest BCUT2D eigenvalue weighted by Gasteiger charge is 2.18. The van der Waals surface area contributed by atoms with Crippen molar-refractivity contribution in [3.05, 3.63) is 12.2 Å². The van der Waals surface area contributed by atoms with Crippen molar-refractivity contribution in [1.29, 1.82) is 0 Å². The molecule has 0 saturated heterocycles. The molecule has 0 aromatic heterocycles. The Balaban J connectivity index is 3.36. The Morgan fingerprint density at radius 1 is 0.360 bits per heavy atom. The molecule has 0 bridgehead atoms. The predicted octanol–water partition coefficient (Wildman–Crippen LogP) is 22.0. The molecule has 0 aliphatic rings. The molecule has 0 heterocycles. The third-order valence-corrected chi connectivity index (χ3v) is 16.3. The lowest BCUT2D eigenvalue weighted by Crippen LogP contribution is -2.45. The molecule has 2 unspecified atom stereocenters. The number of ether oxygens (including phenoxy) is 1. The SMILES string of the molecule is CCCCCCCCCCCCCCCCC/C=C/C(O)C(CO)NC(=O)CCCCCCCCCCCCCCCCCCCCCCCCCCCCOC(=O)CCCCCCCCCCCCCCCCC. The molecule has 0 aromatic carbocycles. The summed E-state index contributed by atoms with van der Waals surface area (Å²) in [6.45, 7) is 4.95. The number of hydrogen-bond donors (Lipinski definition) is 3. The second kappa shape index (κ2) is 65.1. The Bertz CT molecular complexity index is 1130. The molecule has 1 amide bonds. The molecule has 0 aliphatic heterocycles. The van der Waals surface area contributed by atoms with Gasteiger partial charge in [0.05, 0.1) is 25.4 Å². The van der Waals surface area contributed by atoms with Crippen molar-refractivity contribution in [3.8, 4) is 0 Å². The van der Waals surface area contributed by atoms with E-state index in [1.807, 2.05) is 6.08 Å². The predicted molar refractivity (Wildman–Crippen MR) is 329 cm³/mol. The van der Waals surface area contributed by atoms with E-state index < -0.39 is 12.1 Å². The largest absolute Gasteiger partial charge is 0.466 e. The maximum Gasteiger partial charge on any atom is 0.305 e. The van der Waals surface area contributed by atoms with Crippen molar-refractivity contribution in [2.45, 2.75) is 405 Å². The Kier molecular flexibility index (Phi) is 63.9. The second-order valence-electron chi connectivity index (χ2n) is 23.9. The fourth-order valence-electron chi connectivity index (χ4n) is 11.1. The molecule has 0 fully saturated rings. The fraction of sp³-hybridized carbons (Fsp3) is 0.942. The molecule has 6 nitrogen and oxygen atoms in total. The molecule has 6 heteroatoms. The minimum Gasteiger partial charge on any atom is -0.466 e. The molecular formula is C69H135NO5. The number of unbranched alkanes of at least 4 members (excludes halogenated alkanes) is 54. The lowest BCUT2D eigenvalue weighted by Gasteiger charge is -2.20. The van der Waals surface area contributed by atoms with Crippen LogP contribution in [0.1, 0.15) is 393 Å². The minimum absolute atomic E-state index is 0.0207. The Labute approximate surface area is 469 Å². The van der Waals surface area contributed by atoms with E-state index in [4.69, 9.17) is 4.74 Å². The van der Waals surface area contributed by atoms with Gasteiger partial charge in [-0.1, -0.05) is 360 Å². The minimum atomic E-state index is -0.842. The van der Waals surface area contributed by atoms with Crippen LogP contribution in [0.15, 0.2) is 12.2 Å². The monoisotopic (exact) mass is 1060 g/mol. The van der Waals surface area contributed by atoms with E-state index in [1.54, 1.807) is 6.08 Å². The summed E-state index contributed by atoms with van der Waals surface area (Å²) in [5.41, 5.74) is 0. The highest BCUT2D eigenvalue weighted by molar-refractivity contribution is 5.76. The number of carbonyl (C=O) groups is 2. The van der Waals surface area contributed by atoms with Gasteiger partial charge in [-0.2, -0.15) is 0 Å². The summed E-state index contributed by atoms with van der Waals surface area (Å²) >= 11 is 0. The van der Waals surface area contributed by atoms with Crippen molar-refractivity contribution < 1.29 is 24.5 Å². The van der Waals surface area contributed by atoms with Gasteiger partial charge in [-0.05, 0) is 32.1 Å². The summed E-state index contributed by atoms with van der Waals surface area (Å²) in [5, 5.41) is 23.2. The summed E-state index contributed by atoms with van der Waals surface area (Å²) in [4.78, 5) is 24.6. The molecule has 0 aliphatic carbocycles. The van der Waals surface area contributed by atoms with Gasteiger partial charge in [0.25, 0.3) is 0 Å². The fourth-order valence-corrected chi connectivity index (χ4v) is 11.1. The number of carbonyl (C=O) groups excluding carboxylic acids is 2. The van der Waals surface area contributed by atoms with Gasteiger partial charge in [0, 0.05) is 12.8 Å². The Hall–Kier alpha value is -1.40. The van der Waals surface area contributed by atoms with E-state index >= 15 is 0 Å². The molecule has 0 rings (SSSR count). The zero-order valence-electron chi connectivity index (χ0n) is 51.1. The van der Waals surface area contributed by atoms with Crippen LogP contribution in [-0.2, 0) is 14.3 Å². The number of nitrogens with one attached hydrogen (secondary N) is 1. The molecule has 3 N–H and O–H groups in total. The molecule has 2 atom stereocenters. The Morgan fingerprint density at radius 3 is 0.907 bits per heavy atom. The van der Waals surface area contributed by atoms with Crippen molar-refractivity contribution >= 4 is 11.9 Å². The van der Waals surface area contributed by atoms with Crippen molar-refractivity contribution in [3.63, 3.8) is 0 Å². The quantitative estimate of drug-likeness (QED) is 0.0320. The van der Waals surface area contributed by atoms with Gasteiger partial charge in [-0.3, -0.25) is 9.59 Å². The lowest BCUT2D eigenvalue weighted by molar-refractivity contribution is -0.143. The van der Waals surface area contributed by atoms with Crippen molar-refractivity contribution in [1.82, 2.24) is 5.32 Å². The molecule has 75 heavy (non-hydrogen) atoms. The number of amides is 1.